The molecule has 0 saturated carbocycles. The molecule has 4 nitrogen and oxygen atoms in total. The maximum atomic E-state index is 9.46. The lowest BCUT2D eigenvalue weighted by Gasteiger charge is -2.34. The summed E-state index contributed by atoms with van der Waals surface area (Å²) < 4.78 is 5.52. The molecule has 17 heavy (non-hydrogen) atoms. The van der Waals surface area contributed by atoms with Gasteiger partial charge in [0, 0.05) is 18.6 Å². The maximum Gasteiger partial charge on any atom is 0.0674 e. The van der Waals surface area contributed by atoms with E-state index in [2.05, 4.69) is 24.1 Å². The van der Waals surface area contributed by atoms with Crippen molar-refractivity contribution >= 4 is 0 Å². The minimum Gasteiger partial charge on any atom is -0.394 e. The average Bonchev–Trinajstić information content (AvgIpc) is 2.35. The smallest absolute Gasteiger partial charge is 0.0674 e. The first-order valence-corrected chi connectivity index (χ1v) is 6.79. The molecule has 1 aliphatic heterocycles. The zero-order chi connectivity index (χ0) is 12.7. The molecule has 102 valence electrons. The van der Waals surface area contributed by atoms with Gasteiger partial charge in [-0.25, -0.2) is 0 Å². The van der Waals surface area contributed by atoms with Gasteiger partial charge in [0.2, 0.25) is 0 Å². The van der Waals surface area contributed by atoms with Crippen LogP contribution >= 0.6 is 0 Å². The molecule has 0 aromatic heterocycles. The van der Waals surface area contributed by atoms with Gasteiger partial charge < -0.3 is 15.2 Å². The van der Waals surface area contributed by atoms with Gasteiger partial charge in [0.15, 0.2) is 0 Å². The van der Waals surface area contributed by atoms with E-state index in [4.69, 9.17) is 4.74 Å². The van der Waals surface area contributed by atoms with E-state index in [1.165, 1.54) is 0 Å². The van der Waals surface area contributed by atoms with Gasteiger partial charge >= 0.3 is 0 Å². The predicted octanol–water partition coefficient (Wildman–Crippen LogP) is 0.848. The lowest BCUT2D eigenvalue weighted by Crippen LogP contribution is -2.47. The molecular weight excluding hydrogens is 216 g/mol. The summed E-state index contributed by atoms with van der Waals surface area (Å²) in [7, 11) is 1.94. The van der Waals surface area contributed by atoms with Crippen molar-refractivity contribution < 1.29 is 9.84 Å². The van der Waals surface area contributed by atoms with Crippen LogP contribution in [0.3, 0.4) is 0 Å². The summed E-state index contributed by atoms with van der Waals surface area (Å²) in [6.45, 7) is 8.52. The molecule has 2 unspecified atom stereocenters. The lowest BCUT2D eigenvalue weighted by atomic mass is 9.91. The van der Waals surface area contributed by atoms with Gasteiger partial charge in [-0.3, -0.25) is 4.90 Å². The molecule has 1 saturated heterocycles. The van der Waals surface area contributed by atoms with Crippen LogP contribution in [-0.4, -0.2) is 61.5 Å². The first-order valence-electron chi connectivity index (χ1n) is 6.79. The highest BCUT2D eigenvalue weighted by molar-refractivity contribution is 4.85. The van der Waals surface area contributed by atoms with Crippen LogP contribution in [0.1, 0.15) is 33.1 Å². The van der Waals surface area contributed by atoms with Crippen molar-refractivity contribution in [1.29, 1.82) is 0 Å². The van der Waals surface area contributed by atoms with E-state index in [1.807, 2.05) is 7.05 Å². The second-order valence-electron chi connectivity index (χ2n) is 5.13. The molecule has 0 spiro atoms. The van der Waals surface area contributed by atoms with Crippen LogP contribution in [0.25, 0.3) is 0 Å². The fourth-order valence-corrected chi connectivity index (χ4v) is 2.48. The molecule has 1 aliphatic rings. The Kier molecular flexibility index (Phi) is 6.41. The summed E-state index contributed by atoms with van der Waals surface area (Å²) >= 11 is 0. The standard InChI is InChI=1S/C13H28N2O2/c1-4-13(11-16,14-3)6-5-7-15-8-9-17-12(2)10-15/h12,14,16H,4-11H2,1-3H3. The Hall–Kier alpha value is -0.160. The molecule has 1 rings (SSSR count). The van der Waals surface area contributed by atoms with E-state index in [0.717, 1.165) is 45.5 Å². The van der Waals surface area contributed by atoms with Crippen molar-refractivity contribution in [3.63, 3.8) is 0 Å². The maximum absolute atomic E-state index is 9.46. The van der Waals surface area contributed by atoms with Crippen molar-refractivity contribution in [3.05, 3.63) is 0 Å². The molecule has 1 heterocycles. The number of hydrogen-bond donors (Lipinski definition) is 2. The highest BCUT2D eigenvalue weighted by Gasteiger charge is 2.25. The summed E-state index contributed by atoms with van der Waals surface area (Å²) in [6.07, 6.45) is 3.49. The molecule has 0 aromatic rings. The number of nitrogens with one attached hydrogen (secondary N) is 1. The van der Waals surface area contributed by atoms with Crippen LogP contribution in [0, 0.1) is 0 Å². The van der Waals surface area contributed by atoms with Crippen LogP contribution < -0.4 is 5.32 Å². The van der Waals surface area contributed by atoms with E-state index in [1.54, 1.807) is 0 Å². The Labute approximate surface area is 105 Å². The number of rotatable bonds is 7. The van der Waals surface area contributed by atoms with E-state index in [0.29, 0.717) is 6.10 Å². The summed E-state index contributed by atoms with van der Waals surface area (Å²) in [4.78, 5) is 2.46. The van der Waals surface area contributed by atoms with Gasteiger partial charge in [0.05, 0.1) is 19.3 Å². The number of aliphatic hydroxyl groups excluding tert-OH is 1. The highest BCUT2D eigenvalue weighted by Crippen LogP contribution is 2.17. The highest BCUT2D eigenvalue weighted by atomic mass is 16.5. The van der Waals surface area contributed by atoms with Gasteiger partial charge in [-0.15, -0.1) is 0 Å². The monoisotopic (exact) mass is 244 g/mol. The first-order chi connectivity index (χ1) is 8.15. The van der Waals surface area contributed by atoms with Gasteiger partial charge in [-0.05, 0) is 39.8 Å². The second kappa shape index (κ2) is 7.31. The Morgan fingerprint density at radius 3 is 2.82 bits per heavy atom. The number of ether oxygens (including phenoxy) is 1. The Balaban J connectivity index is 2.26. The SMILES string of the molecule is CCC(CO)(CCCN1CCOC(C)C1)NC. The van der Waals surface area contributed by atoms with E-state index < -0.39 is 0 Å². The van der Waals surface area contributed by atoms with Crippen molar-refractivity contribution in [2.24, 2.45) is 0 Å². The summed E-state index contributed by atoms with van der Waals surface area (Å²) in [5.74, 6) is 0. The third-order valence-corrected chi connectivity index (χ3v) is 3.96. The Morgan fingerprint density at radius 1 is 1.53 bits per heavy atom. The van der Waals surface area contributed by atoms with Gasteiger partial charge in [-0.1, -0.05) is 6.92 Å². The molecule has 0 aromatic carbocycles. The molecule has 2 atom stereocenters. The summed E-state index contributed by atoms with van der Waals surface area (Å²) in [5.41, 5.74) is -0.0854. The molecular formula is C13H28N2O2. The van der Waals surface area contributed by atoms with E-state index in [-0.39, 0.29) is 12.1 Å². The summed E-state index contributed by atoms with van der Waals surface area (Å²) in [5, 5.41) is 12.7. The predicted molar refractivity (Wildman–Crippen MR) is 70.3 cm³/mol. The number of aliphatic hydroxyl groups is 1. The topological polar surface area (TPSA) is 44.7 Å². The number of likely N-dealkylation sites (N-methyl/N-ethyl adjacent to an activating group) is 1. The zero-order valence-corrected chi connectivity index (χ0v) is 11.5. The Morgan fingerprint density at radius 2 is 2.29 bits per heavy atom. The van der Waals surface area contributed by atoms with Crippen LogP contribution in [0.5, 0.6) is 0 Å². The minimum absolute atomic E-state index is 0.0854. The number of morpholine rings is 1. The number of hydrogen-bond acceptors (Lipinski definition) is 4. The lowest BCUT2D eigenvalue weighted by molar-refractivity contribution is -0.0194. The van der Waals surface area contributed by atoms with Crippen LogP contribution in [0.15, 0.2) is 0 Å². The third kappa shape index (κ3) is 4.54. The molecule has 1 fully saturated rings. The molecule has 2 N–H and O–H groups in total. The summed E-state index contributed by atoms with van der Waals surface area (Å²) in [6, 6.07) is 0. The minimum atomic E-state index is -0.0854. The van der Waals surface area contributed by atoms with E-state index in [9.17, 15) is 5.11 Å². The molecule has 0 radical (unpaired) electrons. The van der Waals surface area contributed by atoms with E-state index >= 15 is 0 Å². The molecule has 0 aliphatic carbocycles. The van der Waals surface area contributed by atoms with Crippen molar-refractivity contribution in [2.45, 2.75) is 44.8 Å². The van der Waals surface area contributed by atoms with Gasteiger partial charge in [0.1, 0.15) is 0 Å². The third-order valence-electron chi connectivity index (χ3n) is 3.96. The molecule has 4 heteroatoms. The fourth-order valence-electron chi connectivity index (χ4n) is 2.48. The zero-order valence-electron chi connectivity index (χ0n) is 11.5. The van der Waals surface area contributed by atoms with Gasteiger partial charge in [-0.2, -0.15) is 0 Å². The van der Waals surface area contributed by atoms with Crippen molar-refractivity contribution in [3.8, 4) is 0 Å². The first kappa shape index (κ1) is 14.9. The average molecular weight is 244 g/mol. The van der Waals surface area contributed by atoms with Crippen LogP contribution in [0.2, 0.25) is 0 Å². The molecule has 0 amide bonds. The van der Waals surface area contributed by atoms with Gasteiger partial charge in [0.25, 0.3) is 0 Å². The second-order valence-corrected chi connectivity index (χ2v) is 5.13. The van der Waals surface area contributed by atoms with Crippen LogP contribution in [-0.2, 0) is 4.74 Å². The Bertz CT molecular complexity index is 199. The normalized spacial score (nSPS) is 25.8. The largest absolute Gasteiger partial charge is 0.394 e. The van der Waals surface area contributed by atoms with Crippen molar-refractivity contribution in [1.82, 2.24) is 10.2 Å². The fraction of sp³-hybridized carbons (Fsp3) is 1.00. The quantitative estimate of drug-likeness (QED) is 0.697. The molecule has 0 bridgehead atoms. The van der Waals surface area contributed by atoms with Crippen LogP contribution in [0.4, 0.5) is 0 Å². The number of nitrogens with zero attached hydrogens (tertiary/aromatic N) is 1. The van der Waals surface area contributed by atoms with Crippen molar-refractivity contribution in [2.75, 3.05) is 39.9 Å².